The highest BCUT2D eigenvalue weighted by atomic mass is 15.0. The maximum absolute atomic E-state index is 6.75. The summed E-state index contributed by atoms with van der Waals surface area (Å²) in [5.41, 5.74) is 6.04. The first-order valence-electron chi connectivity index (χ1n) is 3.26. The van der Waals surface area contributed by atoms with Crippen LogP contribution in [0.25, 0.3) is 4.85 Å². The third-order valence-corrected chi connectivity index (χ3v) is 1.29. The third kappa shape index (κ3) is 1.44. The first-order valence-corrected chi connectivity index (χ1v) is 3.26. The minimum absolute atomic E-state index is 0.299. The van der Waals surface area contributed by atoms with E-state index in [0.29, 0.717) is 23.8 Å². The summed E-state index contributed by atoms with van der Waals surface area (Å²) in [6.45, 7) is 8.68. The van der Waals surface area contributed by atoms with Gasteiger partial charge in [0, 0.05) is 0 Å². The number of aromatic nitrogens is 2. The molecule has 0 saturated heterocycles. The molecule has 2 N–H and O–H groups in total. The molecule has 1 aromatic heterocycles. The molecule has 0 atom stereocenters. The lowest BCUT2D eigenvalue weighted by molar-refractivity contribution is 1.02. The highest BCUT2D eigenvalue weighted by Crippen LogP contribution is 2.14. The first kappa shape index (κ1) is 7.48. The van der Waals surface area contributed by atoms with Crippen LogP contribution in [0.4, 0.5) is 11.6 Å². The van der Waals surface area contributed by atoms with Crippen molar-refractivity contribution in [3.05, 3.63) is 23.3 Å². The van der Waals surface area contributed by atoms with E-state index in [4.69, 9.17) is 12.3 Å². The summed E-state index contributed by atoms with van der Waals surface area (Å²) in [5, 5.41) is 0. The van der Waals surface area contributed by atoms with Crippen molar-refractivity contribution in [3.63, 3.8) is 0 Å². The van der Waals surface area contributed by atoms with Crippen LogP contribution in [0, 0.1) is 6.57 Å². The number of rotatable bonds is 1. The molecule has 56 valence electrons. The zero-order valence-electron chi connectivity index (χ0n) is 6.20. The minimum Gasteiger partial charge on any atom is -0.363 e. The van der Waals surface area contributed by atoms with Crippen LogP contribution in [0.3, 0.4) is 0 Å². The fraction of sp³-hybridized carbons (Fsp3) is 0.286. The average molecular weight is 148 g/mol. The van der Waals surface area contributed by atoms with Gasteiger partial charge in [0.2, 0.25) is 5.82 Å². The molecule has 1 heterocycles. The lowest BCUT2D eigenvalue weighted by atomic mass is 10.3. The molecule has 0 unspecified atom stereocenters. The molecule has 0 aliphatic carbocycles. The molecule has 0 amide bonds. The fourth-order valence-corrected chi connectivity index (χ4v) is 0.756. The lowest BCUT2D eigenvalue weighted by Gasteiger charge is -1.96. The van der Waals surface area contributed by atoms with Crippen molar-refractivity contribution in [3.8, 4) is 0 Å². The number of hydrogen-bond donors (Lipinski definition) is 1. The number of anilines is 1. The van der Waals surface area contributed by atoms with E-state index in [1.165, 1.54) is 6.20 Å². The van der Waals surface area contributed by atoms with Crippen LogP contribution >= 0.6 is 0 Å². The summed E-state index contributed by atoms with van der Waals surface area (Å²) in [7, 11) is 0. The highest BCUT2D eigenvalue weighted by Gasteiger charge is 2.03. The van der Waals surface area contributed by atoms with Crippen molar-refractivity contribution in [2.45, 2.75) is 13.3 Å². The van der Waals surface area contributed by atoms with Gasteiger partial charge in [0.15, 0.2) is 0 Å². The maximum atomic E-state index is 6.75. The normalized spacial score (nSPS) is 9.09. The van der Waals surface area contributed by atoms with E-state index >= 15 is 0 Å². The van der Waals surface area contributed by atoms with Crippen molar-refractivity contribution in [1.29, 1.82) is 0 Å². The van der Waals surface area contributed by atoms with Crippen LogP contribution in [-0.2, 0) is 6.42 Å². The molecule has 0 fully saturated rings. The molecule has 4 heteroatoms. The van der Waals surface area contributed by atoms with Gasteiger partial charge >= 0.3 is 0 Å². The molecule has 4 nitrogen and oxygen atoms in total. The van der Waals surface area contributed by atoms with Crippen molar-refractivity contribution in [2.24, 2.45) is 0 Å². The molecule has 0 saturated carbocycles. The van der Waals surface area contributed by atoms with E-state index in [-0.39, 0.29) is 0 Å². The minimum atomic E-state index is 0.299. The monoisotopic (exact) mass is 148 g/mol. The summed E-state index contributed by atoms with van der Waals surface area (Å²) in [6, 6.07) is 0. The van der Waals surface area contributed by atoms with Crippen molar-refractivity contribution in [2.75, 3.05) is 5.73 Å². The SMILES string of the molecule is [C-]#[N+]c1nc(N)cnc1CC. The molecular weight excluding hydrogens is 140 g/mol. The van der Waals surface area contributed by atoms with Gasteiger partial charge in [-0.3, -0.25) is 4.98 Å². The summed E-state index contributed by atoms with van der Waals surface area (Å²) in [4.78, 5) is 11.0. The molecule has 0 spiro atoms. The van der Waals surface area contributed by atoms with Gasteiger partial charge in [-0.1, -0.05) is 18.5 Å². The molecule has 0 radical (unpaired) electrons. The molecule has 0 aliphatic rings. The molecule has 0 aliphatic heterocycles. The van der Waals surface area contributed by atoms with Gasteiger partial charge < -0.3 is 10.6 Å². The van der Waals surface area contributed by atoms with E-state index in [1.807, 2.05) is 6.92 Å². The molecule has 0 bridgehead atoms. The Balaban J connectivity index is 3.19. The van der Waals surface area contributed by atoms with Gasteiger partial charge in [-0.15, -0.1) is 0 Å². The van der Waals surface area contributed by atoms with Crippen LogP contribution in [0.1, 0.15) is 12.6 Å². The Morgan fingerprint density at radius 3 is 3.00 bits per heavy atom. The third-order valence-electron chi connectivity index (χ3n) is 1.29. The Morgan fingerprint density at radius 2 is 2.45 bits per heavy atom. The van der Waals surface area contributed by atoms with E-state index in [1.54, 1.807) is 0 Å². The van der Waals surface area contributed by atoms with Crippen LogP contribution in [0.5, 0.6) is 0 Å². The van der Waals surface area contributed by atoms with Gasteiger partial charge in [-0.25, -0.2) is 0 Å². The Labute approximate surface area is 64.9 Å². The summed E-state index contributed by atoms with van der Waals surface area (Å²) in [6.07, 6.45) is 2.18. The molecule has 11 heavy (non-hydrogen) atoms. The van der Waals surface area contributed by atoms with Gasteiger partial charge in [-0.2, -0.15) is 0 Å². The first-order chi connectivity index (χ1) is 5.27. The quantitative estimate of drug-likeness (QED) is 0.608. The standard InChI is InChI=1S/C7H8N4/c1-3-5-7(9-2)11-6(8)4-10-5/h4H,3H2,1H3,(H2,8,11). The van der Waals surface area contributed by atoms with Crippen molar-refractivity contribution >= 4 is 11.6 Å². The largest absolute Gasteiger partial charge is 0.363 e. The summed E-state index contributed by atoms with van der Waals surface area (Å²) < 4.78 is 0. The van der Waals surface area contributed by atoms with E-state index in [9.17, 15) is 0 Å². The number of hydrogen-bond acceptors (Lipinski definition) is 3. The number of nitrogens with zero attached hydrogens (tertiary/aromatic N) is 3. The second-order valence-electron chi connectivity index (χ2n) is 2.03. The fourth-order valence-electron chi connectivity index (χ4n) is 0.756. The van der Waals surface area contributed by atoms with E-state index in [2.05, 4.69) is 14.8 Å². The maximum Gasteiger partial charge on any atom is 0.293 e. The smallest absolute Gasteiger partial charge is 0.293 e. The topological polar surface area (TPSA) is 56.2 Å². The Bertz CT molecular complexity index is 300. The lowest BCUT2D eigenvalue weighted by Crippen LogP contribution is -1.95. The second kappa shape index (κ2) is 2.97. The van der Waals surface area contributed by atoms with Gasteiger partial charge in [0.25, 0.3) is 5.82 Å². The van der Waals surface area contributed by atoms with Crippen LogP contribution in [0.15, 0.2) is 6.20 Å². The van der Waals surface area contributed by atoms with Crippen LogP contribution in [-0.4, -0.2) is 9.97 Å². The predicted molar refractivity (Wildman–Crippen MR) is 42.1 cm³/mol. The Kier molecular flexibility index (Phi) is 2.02. The summed E-state index contributed by atoms with van der Waals surface area (Å²) >= 11 is 0. The predicted octanol–water partition coefficient (Wildman–Crippen LogP) is 1.17. The van der Waals surface area contributed by atoms with E-state index < -0.39 is 0 Å². The number of nitrogen functional groups attached to an aromatic ring is 1. The summed E-state index contributed by atoms with van der Waals surface area (Å²) in [5.74, 6) is 0.612. The van der Waals surface area contributed by atoms with Gasteiger partial charge in [0.05, 0.1) is 11.9 Å². The van der Waals surface area contributed by atoms with Gasteiger partial charge in [0.1, 0.15) is 0 Å². The molecular formula is C7H8N4. The van der Waals surface area contributed by atoms with Gasteiger partial charge in [-0.05, 0) is 6.42 Å². The Morgan fingerprint density at radius 1 is 1.73 bits per heavy atom. The van der Waals surface area contributed by atoms with Crippen LogP contribution < -0.4 is 5.73 Å². The zero-order valence-corrected chi connectivity index (χ0v) is 6.20. The molecule has 1 aromatic rings. The zero-order chi connectivity index (χ0) is 8.27. The average Bonchev–Trinajstić information content (AvgIpc) is 2.04. The second-order valence-corrected chi connectivity index (χ2v) is 2.03. The molecule has 0 aromatic carbocycles. The van der Waals surface area contributed by atoms with Crippen molar-refractivity contribution in [1.82, 2.24) is 9.97 Å². The number of nitrogens with two attached hydrogens (primary N) is 1. The highest BCUT2D eigenvalue weighted by molar-refractivity contribution is 5.45. The van der Waals surface area contributed by atoms with Crippen molar-refractivity contribution < 1.29 is 0 Å². The molecule has 1 rings (SSSR count). The number of aryl methyl sites for hydroxylation is 1. The van der Waals surface area contributed by atoms with E-state index in [0.717, 1.165) is 0 Å². The Hall–Kier alpha value is -1.63. The van der Waals surface area contributed by atoms with Crippen LogP contribution in [0.2, 0.25) is 0 Å².